The zero-order valence-electron chi connectivity index (χ0n) is 10.5. The Hall–Kier alpha value is -0.120. The predicted molar refractivity (Wildman–Crippen MR) is 86.8 cm³/mol. The fraction of sp³-hybridized carbons (Fsp3) is 0.700. The highest BCUT2D eigenvalue weighted by molar-refractivity contribution is 8.83. The molecule has 1 aliphatic rings. The molecule has 0 aliphatic carbocycles. The summed E-state index contributed by atoms with van der Waals surface area (Å²) in [5.74, 6) is 1.09. The average Bonchev–Trinajstić information content (AvgIpc) is 2.37. The van der Waals surface area contributed by atoms with E-state index in [0.29, 0.717) is 5.75 Å². The van der Waals surface area contributed by atoms with Gasteiger partial charge in [0.2, 0.25) is 5.91 Å². The molecule has 5 nitrogen and oxygen atoms in total. The van der Waals surface area contributed by atoms with Gasteiger partial charge in [-0.1, -0.05) is 23.0 Å². The van der Waals surface area contributed by atoms with E-state index in [1.807, 2.05) is 11.8 Å². The Morgan fingerprint density at radius 1 is 1.47 bits per heavy atom. The molecule has 1 saturated heterocycles. The van der Waals surface area contributed by atoms with Crippen molar-refractivity contribution in [2.45, 2.75) is 13.0 Å². The molecule has 0 bridgehead atoms. The molecule has 0 unspecified atom stereocenters. The number of thiocarbonyl (C=S) groups is 1. The fourth-order valence-corrected chi connectivity index (χ4v) is 4.94. The van der Waals surface area contributed by atoms with Crippen LogP contribution in [0.15, 0.2) is 0 Å². The van der Waals surface area contributed by atoms with E-state index < -0.39 is 12.0 Å². The van der Waals surface area contributed by atoms with Crippen LogP contribution in [0.25, 0.3) is 0 Å². The zero-order valence-corrected chi connectivity index (χ0v) is 13.7. The van der Waals surface area contributed by atoms with Crippen molar-refractivity contribution in [2.24, 2.45) is 0 Å². The summed E-state index contributed by atoms with van der Waals surface area (Å²) in [5, 5.41) is 11.4. The van der Waals surface area contributed by atoms with Crippen molar-refractivity contribution in [3.8, 4) is 0 Å². The smallest absolute Gasteiger partial charge is 0.327 e. The van der Waals surface area contributed by atoms with E-state index in [2.05, 4.69) is 10.2 Å². The first-order chi connectivity index (χ1) is 9.00. The Kier molecular flexibility index (Phi) is 7.96. The van der Waals surface area contributed by atoms with Gasteiger partial charge in [-0.15, -0.1) is 0 Å². The number of carboxylic acids is 1. The van der Waals surface area contributed by atoms with Crippen LogP contribution in [0.3, 0.4) is 0 Å². The standard InChI is InChI=1S/C10H16N2O3S4/c1-7(13)11-8(9(14)15)6-18-19-10(16)12-2-4-17-5-3-12/h8H,2-6H2,1H3,(H,11,13)(H,14,15)/t8-/m0/s1. The first-order valence-electron chi connectivity index (χ1n) is 5.66. The molecule has 1 aliphatic heterocycles. The van der Waals surface area contributed by atoms with Gasteiger partial charge in [0.1, 0.15) is 10.4 Å². The maximum Gasteiger partial charge on any atom is 0.327 e. The van der Waals surface area contributed by atoms with Crippen LogP contribution in [-0.4, -0.2) is 62.6 Å². The van der Waals surface area contributed by atoms with Crippen LogP contribution in [0.5, 0.6) is 0 Å². The first kappa shape index (κ1) is 16.9. The molecule has 1 heterocycles. The second-order valence-corrected chi connectivity index (χ2v) is 8.02. The van der Waals surface area contributed by atoms with Gasteiger partial charge in [0.05, 0.1) is 0 Å². The lowest BCUT2D eigenvalue weighted by molar-refractivity contribution is -0.140. The minimum absolute atomic E-state index is 0.294. The van der Waals surface area contributed by atoms with Crippen molar-refractivity contribution in [2.75, 3.05) is 30.3 Å². The number of carboxylic acid groups (broad SMARTS) is 1. The fourth-order valence-electron chi connectivity index (χ4n) is 1.37. The molecule has 108 valence electrons. The molecule has 2 N–H and O–H groups in total. The third-order valence-electron chi connectivity index (χ3n) is 2.31. The first-order valence-corrected chi connectivity index (χ1v) is 9.55. The molecular weight excluding hydrogens is 324 g/mol. The highest BCUT2D eigenvalue weighted by atomic mass is 33.1. The molecule has 1 fully saturated rings. The highest BCUT2D eigenvalue weighted by Crippen LogP contribution is 2.27. The van der Waals surface area contributed by atoms with Crippen molar-refractivity contribution in [1.29, 1.82) is 0 Å². The molecule has 1 rings (SSSR count). The van der Waals surface area contributed by atoms with E-state index >= 15 is 0 Å². The molecule has 1 amide bonds. The van der Waals surface area contributed by atoms with Crippen LogP contribution in [0.2, 0.25) is 0 Å². The maximum atomic E-state index is 10.9. The number of hydrogen-bond donors (Lipinski definition) is 2. The number of thioether (sulfide) groups is 1. The van der Waals surface area contributed by atoms with Crippen LogP contribution in [-0.2, 0) is 9.59 Å². The number of nitrogens with zero attached hydrogens (tertiary/aromatic N) is 1. The summed E-state index contributed by atoms with van der Waals surface area (Å²) in [6, 6.07) is -0.866. The van der Waals surface area contributed by atoms with Crippen LogP contribution >= 0.6 is 45.6 Å². The second-order valence-electron chi connectivity index (χ2n) is 3.82. The van der Waals surface area contributed by atoms with Gasteiger partial charge in [-0.2, -0.15) is 11.8 Å². The van der Waals surface area contributed by atoms with Crippen molar-refractivity contribution >= 4 is 61.8 Å². The monoisotopic (exact) mass is 340 g/mol. The lowest BCUT2D eigenvalue weighted by atomic mass is 10.3. The zero-order chi connectivity index (χ0) is 14.3. The minimum atomic E-state index is -1.02. The average molecular weight is 341 g/mol. The lowest BCUT2D eigenvalue weighted by Gasteiger charge is -2.28. The van der Waals surface area contributed by atoms with E-state index in [9.17, 15) is 9.59 Å². The van der Waals surface area contributed by atoms with E-state index in [1.54, 1.807) is 0 Å². The molecule has 0 aromatic carbocycles. The number of rotatable bonds is 5. The van der Waals surface area contributed by atoms with Gasteiger partial charge in [0, 0.05) is 37.3 Å². The van der Waals surface area contributed by atoms with Crippen LogP contribution in [0, 0.1) is 0 Å². The third-order valence-corrected chi connectivity index (χ3v) is 6.30. The summed E-state index contributed by atoms with van der Waals surface area (Å²) in [7, 11) is 2.77. The SMILES string of the molecule is CC(=O)N[C@@H](CSSC(=S)N1CCSCC1)C(=O)O. The summed E-state index contributed by atoms with van der Waals surface area (Å²) in [6.07, 6.45) is 0. The Morgan fingerprint density at radius 2 is 2.11 bits per heavy atom. The van der Waals surface area contributed by atoms with Crippen molar-refractivity contribution in [3.63, 3.8) is 0 Å². The normalized spacial score (nSPS) is 16.8. The molecule has 1 atom stereocenters. The lowest BCUT2D eigenvalue weighted by Crippen LogP contribution is -2.41. The number of nitrogens with one attached hydrogen (secondary N) is 1. The van der Waals surface area contributed by atoms with Gasteiger partial charge >= 0.3 is 5.97 Å². The molecule has 0 saturated carbocycles. The van der Waals surface area contributed by atoms with Crippen LogP contribution < -0.4 is 5.32 Å². The Labute approximate surface area is 130 Å². The van der Waals surface area contributed by atoms with Gasteiger partial charge in [-0.3, -0.25) is 4.79 Å². The number of amides is 1. The van der Waals surface area contributed by atoms with Crippen molar-refractivity contribution in [1.82, 2.24) is 10.2 Å². The predicted octanol–water partition coefficient (Wildman–Crippen LogP) is 1.29. The van der Waals surface area contributed by atoms with Gasteiger partial charge in [0.15, 0.2) is 0 Å². The summed E-state index contributed by atoms with van der Waals surface area (Å²) in [5.41, 5.74) is 0. The maximum absolute atomic E-state index is 10.9. The van der Waals surface area contributed by atoms with Crippen LogP contribution in [0.4, 0.5) is 0 Å². The van der Waals surface area contributed by atoms with Crippen molar-refractivity contribution in [3.05, 3.63) is 0 Å². The Bertz CT molecular complexity index is 348. The molecule has 9 heteroatoms. The quantitative estimate of drug-likeness (QED) is 0.573. The van der Waals surface area contributed by atoms with Gasteiger partial charge < -0.3 is 15.3 Å². The molecule has 0 aromatic heterocycles. The third kappa shape index (κ3) is 6.73. The van der Waals surface area contributed by atoms with Crippen molar-refractivity contribution < 1.29 is 14.7 Å². The van der Waals surface area contributed by atoms with E-state index in [4.69, 9.17) is 17.3 Å². The van der Waals surface area contributed by atoms with Crippen LogP contribution in [0.1, 0.15) is 6.92 Å². The topological polar surface area (TPSA) is 69.6 Å². The van der Waals surface area contributed by atoms with Gasteiger partial charge in [0.25, 0.3) is 0 Å². The number of carbonyl (C=O) groups is 2. The minimum Gasteiger partial charge on any atom is -0.480 e. The summed E-state index contributed by atoms with van der Waals surface area (Å²) >= 11 is 7.22. The second kappa shape index (κ2) is 8.93. The van der Waals surface area contributed by atoms with E-state index in [1.165, 1.54) is 28.5 Å². The largest absolute Gasteiger partial charge is 0.480 e. The Balaban J connectivity index is 2.28. The summed E-state index contributed by atoms with van der Waals surface area (Å²) < 4.78 is 0.789. The van der Waals surface area contributed by atoms with E-state index in [-0.39, 0.29) is 5.91 Å². The van der Waals surface area contributed by atoms with Gasteiger partial charge in [-0.25, -0.2) is 4.79 Å². The highest BCUT2D eigenvalue weighted by Gasteiger charge is 2.20. The molecular formula is C10H16N2O3S4. The molecule has 0 radical (unpaired) electrons. The molecule has 0 spiro atoms. The number of hydrogen-bond acceptors (Lipinski definition) is 6. The Morgan fingerprint density at radius 3 is 2.63 bits per heavy atom. The molecule has 0 aromatic rings. The molecule has 19 heavy (non-hydrogen) atoms. The summed E-state index contributed by atoms with van der Waals surface area (Å²) in [4.78, 5) is 23.9. The van der Waals surface area contributed by atoms with Gasteiger partial charge in [-0.05, 0) is 10.8 Å². The summed E-state index contributed by atoms with van der Waals surface area (Å²) in [6.45, 7) is 3.21. The van der Waals surface area contributed by atoms with E-state index in [0.717, 1.165) is 28.9 Å². The number of aliphatic carboxylic acids is 1. The number of carbonyl (C=O) groups excluding carboxylic acids is 1.